The first-order valence-electron chi connectivity index (χ1n) is 7.41. The van der Waals surface area contributed by atoms with Gasteiger partial charge in [0.2, 0.25) is 5.91 Å². The van der Waals surface area contributed by atoms with Crippen LogP contribution in [-0.4, -0.2) is 18.7 Å². The second-order valence-corrected chi connectivity index (χ2v) is 5.10. The number of hydrogen-bond acceptors (Lipinski definition) is 3. The van der Waals surface area contributed by atoms with Gasteiger partial charge in [-0.1, -0.05) is 48.0 Å². The molecular formula is C18H21N3O. The lowest BCUT2D eigenvalue weighted by Gasteiger charge is -2.06. The van der Waals surface area contributed by atoms with Crippen LogP contribution in [0.3, 0.4) is 0 Å². The van der Waals surface area contributed by atoms with E-state index in [2.05, 4.69) is 34.9 Å². The lowest BCUT2D eigenvalue weighted by atomic mass is 10.2. The van der Waals surface area contributed by atoms with Crippen molar-refractivity contribution >= 4 is 17.8 Å². The quantitative estimate of drug-likeness (QED) is 0.467. The summed E-state index contributed by atoms with van der Waals surface area (Å²) in [7, 11) is 0. The molecule has 0 aliphatic heterocycles. The molecule has 2 aromatic rings. The van der Waals surface area contributed by atoms with Crippen LogP contribution in [-0.2, 0) is 4.79 Å². The van der Waals surface area contributed by atoms with Crippen molar-refractivity contribution in [2.24, 2.45) is 5.10 Å². The Labute approximate surface area is 131 Å². The van der Waals surface area contributed by atoms with E-state index in [0.717, 1.165) is 24.2 Å². The van der Waals surface area contributed by atoms with E-state index in [1.54, 1.807) is 6.21 Å². The number of carbonyl (C=O) groups is 1. The molecule has 0 fully saturated rings. The van der Waals surface area contributed by atoms with Crippen LogP contribution in [0.15, 0.2) is 59.7 Å². The van der Waals surface area contributed by atoms with Crippen molar-refractivity contribution in [3.05, 3.63) is 65.7 Å². The van der Waals surface area contributed by atoms with Crippen molar-refractivity contribution in [1.82, 2.24) is 5.43 Å². The van der Waals surface area contributed by atoms with Crippen LogP contribution in [0.5, 0.6) is 0 Å². The van der Waals surface area contributed by atoms with Crippen molar-refractivity contribution in [3.63, 3.8) is 0 Å². The molecule has 2 N–H and O–H groups in total. The molecule has 2 rings (SSSR count). The van der Waals surface area contributed by atoms with E-state index >= 15 is 0 Å². The molecule has 0 unspecified atom stereocenters. The van der Waals surface area contributed by atoms with Gasteiger partial charge in [-0.05, 0) is 31.0 Å². The Bertz CT molecular complexity index is 606. The second-order valence-electron chi connectivity index (χ2n) is 5.10. The zero-order valence-corrected chi connectivity index (χ0v) is 12.8. The molecule has 0 aliphatic rings. The minimum absolute atomic E-state index is 0.0714. The third kappa shape index (κ3) is 5.79. The van der Waals surface area contributed by atoms with Crippen LogP contribution >= 0.6 is 0 Å². The number of amides is 1. The van der Waals surface area contributed by atoms with Gasteiger partial charge in [-0.15, -0.1) is 0 Å². The smallest absolute Gasteiger partial charge is 0.240 e. The van der Waals surface area contributed by atoms with Crippen LogP contribution in [0.4, 0.5) is 5.69 Å². The minimum Gasteiger partial charge on any atom is -0.385 e. The Morgan fingerprint density at radius 3 is 2.55 bits per heavy atom. The maximum absolute atomic E-state index is 11.6. The van der Waals surface area contributed by atoms with E-state index in [0.29, 0.717) is 6.42 Å². The fourth-order valence-corrected chi connectivity index (χ4v) is 1.93. The molecule has 4 heteroatoms. The van der Waals surface area contributed by atoms with Crippen LogP contribution in [0.1, 0.15) is 24.0 Å². The van der Waals surface area contributed by atoms with Gasteiger partial charge in [0.05, 0.1) is 6.21 Å². The summed E-state index contributed by atoms with van der Waals surface area (Å²) in [6, 6.07) is 17.9. The molecule has 4 nitrogen and oxygen atoms in total. The van der Waals surface area contributed by atoms with Gasteiger partial charge in [-0.25, -0.2) is 5.43 Å². The standard InChI is InChI=1S/C18H21N3O/c1-15-9-11-17(12-10-15)19-13-5-8-18(22)21-20-14-16-6-3-2-4-7-16/h2-4,6-7,9-12,14,19H,5,8,13H2,1H3,(H,21,22)/b20-14+. The maximum atomic E-state index is 11.6. The number of nitrogens with one attached hydrogen (secondary N) is 2. The molecule has 0 saturated heterocycles. The highest BCUT2D eigenvalue weighted by Gasteiger charge is 1.99. The Hall–Kier alpha value is -2.62. The van der Waals surface area contributed by atoms with E-state index in [9.17, 15) is 4.79 Å². The van der Waals surface area contributed by atoms with Gasteiger partial charge < -0.3 is 5.32 Å². The molecule has 114 valence electrons. The second kappa shape index (κ2) is 8.62. The van der Waals surface area contributed by atoms with E-state index in [1.807, 2.05) is 42.5 Å². The molecule has 0 saturated carbocycles. The summed E-state index contributed by atoms with van der Waals surface area (Å²) in [5.41, 5.74) is 5.82. The van der Waals surface area contributed by atoms with Gasteiger partial charge in [-0.3, -0.25) is 4.79 Å². The predicted octanol–water partition coefficient (Wildman–Crippen LogP) is 3.34. The van der Waals surface area contributed by atoms with Gasteiger partial charge in [0.15, 0.2) is 0 Å². The summed E-state index contributed by atoms with van der Waals surface area (Å²) in [6.07, 6.45) is 2.86. The fraction of sp³-hybridized carbons (Fsp3) is 0.222. The van der Waals surface area contributed by atoms with Gasteiger partial charge in [0.25, 0.3) is 0 Å². The van der Waals surface area contributed by atoms with Gasteiger partial charge in [0, 0.05) is 18.7 Å². The number of rotatable bonds is 7. The number of hydrazone groups is 1. The van der Waals surface area contributed by atoms with Crippen molar-refractivity contribution in [3.8, 4) is 0 Å². The molecule has 22 heavy (non-hydrogen) atoms. The summed E-state index contributed by atoms with van der Waals surface area (Å²) < 4.78 is 0. The minimum atomic E-state index is -0.0714. The number of hydrogen-bond donors (Lipinski definition) is 2. The number of benzene rings is 2. The maximum Gasteiger partial charge on any atom is 0.240 e. The van der Waals surface area contributed by atoms with Crippen LogP contribution < -0.4 is 10.7 Å². The highest BCUT2D eigenvalue weighted by atomic mass is 16.2. The monoisotopic (exact) mass is 295 g/mol. The third-order valence-corrected chi connectivity index (χ3v) is 3.16. The lowest BCUT2D eigenvalue weighted by molar-refractivity contribution is -0.121. The lowest BCUT2D eigenvalue weighted by Crippen LogP contribution is -2.18. The van der Waals surface area contributed by atoms with E-state index in [1.165, 1.54) is 5.56 Å². The number of nitrogens with zero attached hydrogens (tertiary/aromatic N) is 1. The molecule has 2 aromatic carbocycles. The molecule has 1 amide bonds. The Balaban J connectivity index is 1.61. The summed E-state index contributed by atoms with van der Waals surface area (Å²) in [6.45, 7) is 2.82. The molecule has 0 radical (unpaired) electrons. The fourth-order valence-electron chi connectivity index (χ4n) is 1.93. The highest BCUT2D eigenvalue weighted by molar-refractivity contribution is 5.82. The first kappa shape index (κ1) is 15.8. The zero-order chi connectivity index (χ0) is 15.6. The molecule has 0 atom stereocenters. The molecular weight excluding hydrogens is 274 g/mol. The van der Waals surface area contributed by atoms with Crippen LogP contribution in [0.25, 0.3) is 0 Å². The van der Waals surface area contributed by atoms with Gasteiger partial charge in [0.1, 0.15) is 0 Å². The van der Waals surface area contributed by atoms with Crippen molar-refractivity contribution in [1.29, 1.82) is 0 Å². The largest absolute Gasteiger partial charge is 0.385 e. The predicted molar refractivity (Wildman–Crippen MR) is 91.1 cm³/mol. The third-order valence-electron chi connectivity index (χ3n) is 3.16. The van der Waals surface area contributed by atoms with Gasteiger partial charge >= 0.3 is 0 Å². The van der Waals surface area contributed by atoms with E-state index in [4.69, 9.17) is 0 Å². The highest BCUT2D eigenvalue weighted by Crippen LogP contribution is 2.08. The van der Waals surface area contributed by atoms with Gasteiger partial charge in [-0.2, -0.15) is 5.10 Å². The van der Waals surface area contributed by atoms with E-state index < -0.39 is 0 Å². The summed E-state index contributed by atoms with van der Waals surface area (Å²) in [5, 5.41) is 7.23. The first-order valence-corrected chi connectivity index (χ1v) is 7.41. The Kier molecular flexibility index (Phi) is 6.18. The number of anilines is 1. The molecule has 0 heterocycles. The SMILES string of the molecule is Cc1ccc(NCCCC(=O)N/N=C/c2ccccc2)cc1. The molecule has 0 aromatic heterocycles. The zero-order valence-electron chi connectivity index (χ0n) is 12.8. The van der Waals surface area contributed by atoms with Crippen molar-refractivity contribution < 1.29 is 4.79 Å². The normalized spacial score (nSPS) is 10.6. The topological polar surface area (TPSA) is 53.5 Å². The van der Waals surface area contributed by atoms with Crippen molar-refractivity contribution in [2.75, 3.05) is 11.9 Å². The average molecular weight is 295 g/mol. The van der Waals surface area contributed by atoms with Crippen LogP contribution in [0.2, 0.25) is 0 Å². The molecule has 0 spiro atoms. The summed E-state index contributed by atoms with van der Waals surface area (Å²) >= 11 is 0. The Morgan fingerprint density at radius 2 is 1.82 bits per heavy atom. The molecule has 0 aliphatic carbocycles. The summed E-state index contributed by atoms with van der Waals surface area (Å²) in [5.74, 6) is -0.0714. The number of carbonyl (C=O) groups excluding carboxylic acids is 1. The summed E-state index contributed by atoms with van der Waals surface area (Å²) in [4.78, 5) is 11.6. The van der Waals surface area contributed by atoms with E-state index in [-0.39, 0.29) is 5.91 Å². The van der Waals surface area contributed by atoms with Crippen LogP contribution in [0, 0.1) is 6.92 Å². The Morgan fingerprint density at radius 1 is 1.09 bits per heavy atom. The van der Waals surface area contributed by atoms with Crippen molar-refractivity contribution in [2.45, 2.75) is 19.8 Å². The molecule has 0 bridgehead atoms. The number of aryl methyl sites for hydroxylation is 1. The first-order chi connectivity index (χ1) is 10.7. The average Bonchev–Trinajstić information content (AvgIpc) is 2.54.